The molecule has 3 rings (SSSR count). The van der Waals surface area contributed by atoms with Crippen LogP contribution in [-0.2, 0) is 4.79 Å². The average Bonchev–Trinajstić information content (AvgIpc) is 2.61. The fourth-order valence-electron chi connectivity index (χ4n) is 3.47. The van der Waals surface area contributed by atoms with Gasteiger partial charge in [0.1, 0.15) is 5.75 Å². The number of hydrogen-bond acceptors (Lipinski definition) is 2. The van der Waals surface area contributed by atoms with Crippen LogP contribution in [0, 0.1) is 0 Å². The number of rotatable bonds is 4. The molecule has 1 aliphatic carbocycles. The van der Waals surface area contributed by atoms with Gasteiger partial charge in [0, 0.05) is 18.5 Å². The number of nitrogens with zero attached hydrogens (tertiary/aromatic N) is 1. The molecule has 0 aromatic heterocycles. The fraction of sp³-hybridized carbons (Fsp3) is 0.450. The van der Waals surface area contributed by atoms with Gasteiger partial charge in [-0.1, -0.05) is 55.7 Å². The molecule has 1 fully saturated rings. The number of carbonyl (C=O) groups excluding carboxylic acids is 1. The molecular formula is C20H25NO2. The largest absolute Gasteiger partial charge is 0.480 e. The van der Waals surface area contributed by atoms with Gasteiger partial charge < -0.3 is 9.64 Å². The first-order valence-electron chi connectivity index (χ1n) is 8.58. The minimum Gasteiger partial charge on any atom is -0.480 e. The van der Waals surface area contributed by atoms with Gasteiger partial charge in [-0.05, 0) is 31.2 Å². The molecule has 1 atom stereocenters. The number of amides is 1. The molecule has 1 saturated carbocycles. The second-order valence-electron chi connectivity index (χ2n) is 6.48. The lowest BCUT2D eigenvalue weighted by molar-refractivity contribution is -0.139. The molecule has 3 nitrogen and oxygen atoms in total. The monoisotopic (exact) mass is 311 g/mol. The van der Waals surface area contributed by atoms with E-state index in [1.54, 1.807) is 0 Å². The van der Waals surface area contributed by atoms with Crippen molar-refractivity contribution in [1.29, 1.82) is 0 Å². The van der Waals surface area contributed by atoms with E-state index in [0.717, 1.165) is 29.4 Å². The van der Waals surface area contributed by atoms with Gasteiger partial charge in [-0.3, -0.25) is 4.79 Å². The zero-order chi connectivity index (χ0) is 16.2. The smallest absolute Gasteiger partial charge is 0.263 e. The third-order valence-corrected chi connectivity index (χ3v) is 4.87. The van der Waals surface area contributed by atoms with Crippen LogP contribution in [0.2, 0.25) is 0 Å². The Labute approximate surface area is 138 Å². The van der Waals surface area contributed by atoms with Crippen molar-refractivity contribution in [2.75, 3.05) is 7.05 Å². The number of carbonyl (C=O) groups is 1. The summed E-state index contributed by atoms with van der Waals surface area (Å²) < 4.78 is 6.01. The topological polar surface area (TPSA) is 29.5 Å². The lowest BCUT2D eigenvalue weighted by Gasteiger charge is -2.33. The normalized spacial score (nSPS) is 17.0. The van der Waals surface area contributed by atoms with Gasteiger partial charge in [0.25, 0.3) is 5.91 Å². The molecule has 0 spiro atoms. The van der Waals surface area contributed by atoms with E-state index in [1.807, 2.05) is 49.2 Å². The Morgan fingerprint density at radius 2 is 1.78 bits per heavy atom. The van der Waals surface area contributed by atoms with Gasteiger partial charge in [0.15, 0.2) is 6.10 Å². The molecule has 23 heavy (non-hydrogen) atoms. The third-order valence-electron chi connectivity index (χ3n) is 4.87. The van der Waals surface area contributed by atoms with E-state index in [2.05, 4.69) is 12.1 Å². The van der Waals surface area contributed by atoms with Crippen LogP contribution >= 0.6 is 0 Å². The summed E-state index contributed by atoms with van der Waals surface area (Å²) in [5, 5.41) is 2.18. The van der Waals surface area contributed by atoms with E-state index < -0.39 is 6.10 Å². The van der Waals surface area contributed by atoms with Crippen molar-refractivity contribution in [2.45, 2.75) is 51.2 Å². The Morgan fingerprint density at radius 1 is 1.09 bits per heavy atom. The minimum absolute atomic E-state index is 0.0739. The standard InChI is InChI=1S/C20H25NO2/c1-15(20(22)21(2)17-11-4-3-5-12-17)23-19-14-8-10-16-9-6-7-13-18(16)19/h6-10,13-15,17H,3-5,11-12H2,1-2H3/t15-/m1/s1. The molecule has 3 heteroatoms. The van der Waals surface area contributed by atoms with E-state index in [4.69, 9.17) is 4.74 Å². The molecule has 0 heterocycles. The Hall–Kier alpha value is -2.03. The van der Waals surface area contributed by atoms with Crippen LogP contribution in [0.15, 0.2) is 42.5 Å². The van der Waals surface area contributed by atoms with Crippen LogP contribution in [0.4, 0.5) is 0 Å². The lowest BCUT2D eigenvalue weighted by Crippen LogP contribution is -2.44. The summed E-state index contributed by atoms with van der Waals surface area (Å²) in [6, 6.07) is 14.4. The summed E-state index contributed by atoms with van der Waals surface area (Å²) in [5.41, 5.74) is 0. The van der Waals surface area contributed by atoms with E-state index in [9.17, 15) is 4.79 Å². The van der Waals surface area contributed by atoms with Crippen LogP contribution in [0.1, 0.15) is 39.0 Å². The van der Waals surface area contributed by atoms with Gasteiger partial charge in [-0.15, -0.1) is 0 Å². The average molecular weight is 311 g/mol. The maximum atomic E-state index is 12.7. The fourth-order valence-corrected chi connectivity index (χ4v) is 3.47. The van der Waals surface area contributed by atoms with Crippen molar-refractivity contribution in [3.63, 3.8) is 0 Å². The maximum absolute atomic E-state index is 12.7. The van der Waals surface area contributed by atoms with Crippen LogP contribution in [0.3, 0.4) is 0 Å². The van der Waals surface area contributed by atoms with E-state index in [1.165, 1.54) is 19.3 Å². The minimum atomic E-state index is -0.465. The van der Waals surface area contributed by atoms with Crippen molar-refractivity contribution in [1.82, 2.24) is 4.90 Å². The molecule has 0 unspecified atom stereocenters. The number of ether oxygens (including phenoxy) is 1. The number of hydrogen-bond donors (Lipinski definition) is 0. The molecule has 0 radical (unpaired) electrons. The van der Waals surface area contributed by atoms with Crippen molar-refractivity contribution in [3.8, 4) is 5.75 Å². The summed E-state index contributed by atoms with van der Waals surface area (Å²) in [7, 11) is 1.92. The molecular weight excluding hydrogens is 286 g/mol. The summed E-state index contributed by atoms with van der Waals surface area (Å²) in [6.07, 6.45) is 5.50. The predicted octanol–water partition coefficient (Wildman–Crippen LogP) is 4.40. The molecule has 0 aliphatic heterocycles. The second-order valence-corrected chi connectivity index (χ2v) is 6.48. The second kappa shape index (κ2) is 7.03. The first kappa shape index (κ1) is 15.9. The number of fused-ring (bicyclic) bond motifs is 1. The summed E-state index contributed by atoms with van der Waals surface area (Å²) in [5.74, 6) is 0.853. The highest BCUT2D eigenvalue weighted by Crippen LogP contribution is 2.27. The number of benzene rings is 2. The molecule has 1 amide bonds. The van der Waals surface area contributed by atoms with Crippen LogP contribution in [-0.4, -0.2) is 30.0 Å². The Bertz CT molecular complexity index is 671. The highest BCUT2D eigenvalue weighted by Gasteiger charge is 2.26. The Balaban J connectivity index is 1.72. The third kappa shape index (κ3) is 3.49. The zero-order valence-electron chi connectivity index (χ0n) is 14.0. The molecule has 2 aromatic rings. The Morgan fingerprint density at radius 3 is 2.57 bits per heavy atom. The van der Waals surface area contributed by atoms with Gasteiger partial charge >= 0.3 is 0 Å². The molecule has 1 aliphatic rings. The van der Waals surface area contributed by atoms with Crippen molar-refractivity contribution < 1.29 is 9.53 Å². The van der Waals surface area contributed by atoms with Crippen LogP contribution in [0.5, 0.6) is 5.75 Å². The zero-order valence-corrected chi connectivity index (χ0v) is 14.0. The van der Waals surface area contributed by atoms with Gasteiger partial charge in [-0.2, -0.15) is 0 Å². The van der Waals surface area contributed by atoms with Gasteiger partial charge in [0.2, 0.25) is 0 Å². The summed E-state index contributed by atoms with van der Waals surface area (Å²) >= 11 is 0. The first-order valence-corrected chi connectivity index (χ1v) is 8.58. The quantitative estimate of drug-likeness (QED) is 0.837. The molecule has 0 saturated heterocycles. The number of likely N-dealkylation sites (N-methyl/N-ethyl adjacent to an activating group) is 1. The van der Waals surface area contributed by atoms with Crippen LogP contribution < -0.4 is 4.74 Å². The van der Waals surface area contributed by atoms with E-state index >= 15 is 0 Å². The Kier molecular flexibility index (Phi) is 4.85. The maximum Gasteiger partial charge on any atom is 0.263 e. The molecule has 2 aromatic carbocycles. The summed E-state index contributed by atoms with van der Waals surface area (Å²) in [4.78, 5) is 14.6. The SMILES string of the molecule is C[C@@H](Oc1cccc2ccccc12)C(=O)N(C)C1CCCCC1. The van der Waals surface area contributed by atoms with Crippen molar-refractivity contribution in [3.05, 3.63) is 42.5 Å². The van der Waals surface area contributed by atoms with Gasteiger partial charge in [0.05, 0.1) is 0 Å². The molecule has 122 valence electrons. The predicted molar refractivity (Wildman–Crippen MR) is 93.7 cm³/mol. The molecule has 0 N–H and O–H groups in total. The van der Waals surface area contributed by atoms with E-state index in [-0.39, 0.29) is 5.91 Å². The van der Waals surface area contributed by atoms with Crippen molar-refractivity contribution >= 4 is 16.7 Å². The van der Waals surface area contributed by atoms with Crippen molar-refractivity contribution in [2.24, 2.45) is 0 Å². The molecule has 0 bridgehead atoms. The first-order chi connectivity index (χ1) is 11.2. The summed E-state index contributed by atoms with van der Waals surface area (Å²) in [6.45, 7) is 1.85. The van der Waals surface area contributed by atoms with Gasteiger partial charge in [-0.25, -0.2) is 0 Å². The van der Waals surface area contributed by atoms with E-state index in [0.29, 0.717) is 6.04 Å². The highest BCUT2D eigenvalue weighted by atomic mass is 16.5. The highest BCUT2D eigenvalue weighted by molar-refractivity contribution is 5.89. The van der Waals surface area contributed by atoms with Crippen LogP contribution in [0.25, 0.3) is 10.8 Å². The lowest BCUT2D eigenvalue weighted by atomic mass is 9.94.